The highest BCUT2D eigenvalue weighted by Crippen LogP contribution is 2.13. The van der Waals surface area contributed by atoms with E-state index in [0.717, 1.165) is 5.56 Å². The smallest absolute Gasteiger partial charge is 0.0513 e. The van der Waals surface area contributed by atoms with E-state index in [0.29, 0.717) is 6.54 Å². The second-order valence-electron chi connectivity index (χ2n) is 2.75. The standard InChI is InChI=1S/C9H11N3/c1-7-4-3-5-9(8(7)2)6-11-12-10/h3-5H,6H2,1-2H3. The number of rotatable bonds is 2. The van der Waals surface area contributed by atoms with Crippen molar-refractivity contribution in [2.75, 3.05) is 0 Å². The third-order valence-electron chi connectivity index (χ3n) is 2.02. The van der Waals surface area contributed by atoms with Crippen molar-refractivity contribution in [3.63, 3.8) is 0 Å². The largest absolute Gasteiger partial charge is 0.0893 e. The summed E-state index contributed by atoms with van der Waals surface area (Å²) in [6.07, 6.45) is 0. The first-order valence-electron chi connectivity index (χ1n) is 3.81. The minimum atomic E-state index is 0.448. The molecular formula is C9H11N3. The second kappa shape index (κ2) is 3.79. The Hall–Kier alpha value is -1.47. The molecule has 3 nitrogen and oxygen atoms in total. The molecule has 0 amide bonds. The molecule has 0 saturated carbocycles. The first-order chi connectivity index (χ1) is 5.75. The van der Waals surface area contributed by atoms with Crippen molar-refractivity contribution in [1.29, 1.82) is 0 Å². The molecule has 0 fully saturated rings. The SMILES string of the molecule is Cc1cccc(CN=[N+]=[N-])c1C. The predicted molar refractivity (Wildman–Crippen MR) is 48.8 cm³/mol. The molecule has 62 valence electrons. The summed E-state index contributed by atoms with van der Waals surface area (Å²) in [4.78, 5) is 2.73. The molecule has 0 N–H and O–H groups in total. The summed E-state index contributed by atoms with van der Waals surface area (Å²) in [6.45, 7) is 4.54. The summed E-state index contributed by atoms with van der Waals surface area (Å²) >= 11 is 0. The molecule has 0 spiro atoms. The van der Waals surface area contributed by atoms with Crippen LogP contribution in [-0.4, -0.2) is 0 Å². The van der Waals surface area contributed by atoms with Gasteiger partial charge in [-0.15, -0.1) is 0 Å². The molecule has 0 aromatic heterocycles. The van der Waals surface area contributed by atoms with Gasteiger partial charge in [0.1, 0.15) is 0 Å². The Kier molecular flexibility index (Phi) is 2.72. The summed E-state index contributed by atoms with van der Waals surface area (Å²) in [5, 5.41) is 3.52. The van der Waals surface area contributed by atoms with Gasteiger partial charge in [-0.25, -0.2) is 0 Å². The highest BCUT2D eigenvalue weighted by Gasteiger charge is 1.97. The van der Waals surface area contributed by atoms with Crippen molar-refractivity contribution in [3.8, 4) is 0 Å². The van der Waals surface area contributed by atoms with E-state index >= 15 is 0 Å². The van der Waals surface area contributed by atoms with Gasteiger partial charge in [-0.1, -0.05) is 23.3 Å². The highest BCUT2D eigenvalue weighted by molar-refractivity contribution is 5.32. The van der Waals surface area contributed by atoms with E-state index < -0.39 is 0 Å². The molecule has 1 rings (SSSR count). The molecule has 0 atom stereocenters. The third kappa shape index (κ3) is 1.77. The topological polar surface area (TPSA) is 48.8 Å². The number of hydrogen-bond donors (Lipinski definition) is 0. The van der Waals surface area contributed by atoms with Gasteiger partial charge in [-0.2, -0.15) is 0 Å². The van der Waals surface area contributed by atoms with Gasteiger partial charge in [-0.05, 0) is 36.1 Å². The van der Waals surface area contributed by atoms with Crippen LogP contribution in [0.4, 0.5) is 0 Å². The third-order valence-corrected chi connectivity index (χ3v) is 2.02. The number of azide groups is 1. The van der Waals surface area contributed by atoms with Gasteiger partial charge in [0, 0.05) is 4.91 Å². The fraction of sp³-hybridized carbons (Fsp3) is 0.333. The van der Waals surface area contributed by atoms with Crippen LogP contribution in [0.3, 0.4) is 0 Å². The van der Waals surface area contributed by atoms with Crippen LogP contribution in [0.25, 0.3) is 10.4 Å². The average Bonchev–Trinajstić information content (AvgIpc) is 2.08. The van der Waals surface area contributed by atoms with Crippen molar-refractivity contribution in [2.24, 2.45) is 5.11 Å². The molecule has 0 heterocycles. The van der Waals surface area contributed by atoms with E-state index in [9.17, 15) is 0 Å². The van der Waals surface area contributed by atoms with E-state index in [1.807, 2.05) is 19.1 Å². The van der Waals surface area contributed by atoms with Crippen LogP contribution in [-0.2, 0) is 6.54 Å². The minimum Gasteiger partial charge on any atom is -0.0893 e. The zero-order valence-electron chi connectivity index (χ0n) is 7.28. The average molecular weight is 161 g/mol. The maximum absolute atomic E-state index is 8.15. The van der Waals surface area contributed by atoms with Crippen molar-refractivity contribution in [3.05, 3.63) is 45.3 Å². The van der Waals surface area contributed by atoms with Crippen LogP contribution in [0.2, 0.25) is 0 Å². The Balaban J connectivity index is 2.99. The van der Waals surface area contributed by atoms with Gasteiger partial charge in [0.25, 0.3) is 0 Å². The predicted octanol–water partition coefficient (Wildman–Crippen LogP) is 3.11. The minimum absolute atomic E-state index is 0.448. The summed E-state index contributed by atoms with van der Waals surface area (Å²) in [5.74, 6) is 0. The van der Waals surface area contributed by atoms with Crippen LogP contribution >= 0.6 is 0 Å². The zero-order valence-corrected chi connectivity index (χ0v) is 7.28. The number of aryl methyl sites for hydroxylation is 1. The maximum Gasteiger partial charge on any atom is 0.0513 e. The molecule has 0 saturated heterocycles. The monoisotopic (exact) mass is 161 g/mol. The molecule has 0 unspecified atom stereocenters. The van der Waals surface area contributed by atoms with E-state index in [4.69, 9.17) is 5.53 Å². The first kappa shape index (κ1) is 8.62. The Labute approximate surface area is 71.7 Å². The highest BCUT2D eigenvalue weighted by atomic mass is 15.1. The first-order valence-corrected chi connectivity index (χ1v) is 3.81. The molecule has 0 bridgehead atoms. The molecular weight excluding hydrogens is 150 g/mol. The second-order valence-corrected chi connectivity index (χ2v) is 2.75. The summed E-state index contributed by atoms with van der Waals surface area (Å²) in [7, 11) is 0. The fourth-order valence-corrected chi connectivity index (χ4v) is 1.09. The van der Waals surface area contributed by atoms with E-state index in [-0.39, 0.29) is 0 Å². The molecule has 0 aliphatic heterocycles. The van der Waals surface area contributed by atoms with Crippen molar-refractivity contribution < 1.29 is 0 Å². The lowest BCUT2D eigenvalue weighted by Gasteiger charge is -2.04. The lowest BCUT2D eigenvalue weighted by molar-refractivity contribution is 1.02. The van der Waals surface area contributed by atoms with Gasteiger partial charge in [-0.3, -0.25) is 0 Å². The summed E-state index contributed by atoms with van der Waals surface area (Å²) < 4.78 is 0. The summed E-state index contributed by atoms with van der Waals surface area (Å²) in [6, 6.07) is 6.01. The Bertz CT molecular complexity index is 325. The van der Waals surface area contributed by atoms with Crippen LogP contribution in [0.15, 0.2) is 23.3 Å². The molecule has 0 aliphatic carbocycles. The summed E-state index contributed by atoms with van der Waals surface area (Å²) in [5.41, 5.74) is 11.7. The van der Waals surface area contributed by atoms with Gasteiger partial charge in [0.2, 0.25) is 0 Å². The van der Waals surface area contributed by atoms with Crippen LogP contribution in [0.1, 0.15) is 16.7 Å². The van der Waals surface area contributed by atoms with E-state index in [1.54, 1.807) is 0 Å². The molecule has 12 heavy (non-hydrogen) atoms. The van der Waals surface area contributed by atoms with Gasteiger partial charge in [0.15, 0.2) is 0 Å². The van der Waals surface area contributed by atoms with Gasteiger partial charge >= 0.3 is 0 Å². The van der Waals surface area contributed by atoms with Crippen LogP contribution in [0.5, 0.6) is 0 Å². The fourth-order valence-electron chi connectivity index (χ4n) is 1.09. The molecule has 3 heteroatoms. The van der Waals surface area contributed by atoms with Crippen molar-refractivity contribution in [1.82, 2.24) is 0 Å². The van der Waals surface area contributed by atoms with E-state index in [1.165, 1.54) is 11.1 Å². The van der Waals surface area contributed by atoms with Gasteiger partial charge < -0.3 is 0 Å². The zero-order chi connectivity index (χ0) is 8.97. The lowest BCUT2D eigenvalue weighted by Crippen LogP contribution is -1.88. The van der Waals surface area contributed by atoms with E-state index in [2.05, 4.69) is 23.0 Å². The molecule has 0 radical (unpaired) electrons. The Morgan fingerprint density at radius 3 is 2.83 bits per heavy atom. The lowest BCUT2D eigenvalue weighted by atomic mass is 10.0. The van der Waals surface area contributed by atoms with Gasteiger partial charge in [0.05, 0.1) is 6.54 Å². The number of hydrogen-bond acceptors (Lipinski definition) is 1. The number of nitrogens with zero attached hydrogens (tertiary/aromatic N) is 3. The molecule has 1 aromatic rings. The Morgan fingerprint density at radius 1 is 1.42 bits per heavy atom. The number of benzene rings is 1. The van der Waals surface area contributed by atoms with Crippen LogP contribution in [0, 0.1) is 13.8 Å². The van der Waals surface area contributed by atoms with Crippen LogP contribution < -0.4 is 0 Å². The van der Waals surface area contributed by atoms with Crippen molar-refractivity contribution >= 4 is 0 Å². The Morgan fingerprint density at radius 2 is 2.17 bits per heavy atom. The molecule has 0 aliphatic rings. The molecule has 1 aromatic carbocycles. The normalized spacial score (nSPS) is 9.17. The van der Waals surface area contributed by atoms with Crippen molar-refractivity contribution in [2.45, 2.75) is 20.4 Å². The maximum atomic E-state index is 8.15. The quantitative estimate of drug-likeness (QED) is 0.363.